The van der Waals surface area contributed by atoms with E-state index in [9.17, 15) is 0 Å². The van der Waals surface area contributed by atoms with Gasteiger partial charge >= 0.3 is 0 Å². The van der Waals surface area contributed by atoms with Gasteiger partial charge in [-0.15, -0.1) is 0 Å². The summed E-state index contributed by atoms with van der Waals surface area (Å²) in [5.41, 5.74) is 7.75. The second-order valence-corrected chi connectivity index (χ2v) is 4.53. The Labute approximate surface area is 101 Å². The molecule has 1 aromatic heterocycles. The molecule has 3 heterocycles. The van der Waals surface area contributed by atoms with E-state index < -0.39 is 0 Å². The van der Waals surface area contributed by atoms with Crippen molar-refractivity contribution in [2.45, 2.75) is 18.6 Å². The molecule has 0 atom stereocenters. The Kier molecular flexibility index (Phi) is 2.64. The van der Waals surface area contributed by atoms with Gasteiger partial charge in [0.2, 0.25) is 0 Å². The summed E-state index contributed by atoms with van der Waals surface area (Å²) >= 11 is 0. The van der Waals surface area contributed by atoms with Crippen LogP contribution < -0.4 is 10.6 Å². The number of ether oxygens (including phenoxy) is 2. The summed E-state index contributed by atoms with van der Waals surface area (Å²) < 4.78 is 11.4. The molecule has 17 heavy (non-hydrogen) atoms. The minimum Gasteiger partial charge on any atom is -0.397 e. The first-order valence-electron chi connectivity index (χ1n) is 6.01. The molecule has 2 aliphatic heterocycles. The Morgan fingerprint density at radius 1 is 1.24 bits per heavy atom. The molecule has 5 nitrogen and oxygen atoms in total. The summed E-state index contributed by atoms with van der Waals surface area (Å²) in [7, 11) is 0. The zero-order valence-corrected chi connectivity index (χ0v) is 9.76. The number of nitrogens with zero attached hydrogens (tertiary/aromatic N) is 2. The zero-order valence-electron chi connectivity index (χ0n) is 9.76. The van der Waals surface area contributed by atoms with Crippen LogP contribution in [-0.2, 0) is 9.47 Å². The van der Waals surface area contributed by atoms with Gasteiger partial charge in [-0.1, -0.05) is 0 Å². The lowest BCUT2D eigenvalue weighted by atomic mass is 10.0. The van der Waals surface area contributed by atoms with E-state index in [1.54, 1.807) is 6.20 Å². The van der Waals surface area contributed by atoms with Crippen LogP contribution in [0.2, 0.25) is 0 Å². The van der Waals surface area contributed by atoms with Crippen molar-refractivity contribution in [3.8, 4) is 0 Å². The molecule has 0 bridgehead atoms. The second kappa shape index (κ2) is 4.16. The smallest absolute Gasteiger partial charge is 0.171 e. The highest BCUT2D eigenvalue weighted by molar-refractivity contribution is 5.66. The Balaban J connectivity index is 1.71. The first-order chi connectivity index (χ1) is 8.29. The normalized spacial score (nSPS) is 23.2. The first kappa shape index (κ1) is 10.8. The minimum atomic E-state index is -0.326. The number of anilines is 2. The van der Waals surface area contributed by atoms with Crippen molar-refractivity contribution in [2.24, 2.45) is 0 Å². The van der Waals surface area contributed by atoms with Gasteiger partial charge in [-0.3, -0.25) is 4.98 Å². The van der Waals surface area contributed by atoms with E-state index in [-0.39, 0.29) is 5.79 Å². The summed E-state index contributed by atoms with van der Waals surface area (Å²) in [5, 5.41) is 0. The average molecular weight is 235 g/mol. The first-order valence-corrected chi connectivity index (χ1v) is 6.01. The van der Waals surface area contributed by atoms with Crippen molar-refractivity contribution in [3.05, 3.63) is 18.5 Å². The molecule has 3 rings (SSSR count). The standard InChI is InChI=1S/C12H17N3O2/c13-10-1-4-14-9-11(10)15-5-2-12(3-6-15)16-7-8-17-12/h1,4,9H,2-3,5-8H2,(H2,13,14). The topological polar surface area (TPSA) is 60.6 Å². The molecule has 0 amide bonds. The van der Waals surface area contributed by atoms with E-state index in [1.807, 2.05) is 12.3 Å². The van der Waals surface area contributed by atoms with Crippen LogP contribution in [0.15, 0.2) is 18.5 Å². The molecular formula is C12H17N3O2. The van der Waals surface area contributed by atoms with Gasteiger partial charge in [0, 0.05) is 32.1 Å². The van der Waals surface area contributed by atoms with E-state index >= 15 is 0 Å². The number of rotatable bonds is 1. The maximum absolute atomic E-state index is 5.95. The van der Waals surface area contributed by atoms with Crippen LogP contribution >= 0.6 is 0 Å². The predicted octanol–water partition coefficient (Wildman–Crippen LogP) is 1.01. The van der Waals surface area contributed by atoms with Crippen molar-refractivity contribution in [1.29, 1.82) is 0 Å². The Morgan fingerprint density at radius 3 is 2.59 bits per heavy atom. The van der Waals surface area contributed by atoms with E-state index in [2.05, 4.69) is 9.88 Å². The van der Waals surface area contributed by atoms with E-state index in [0.717, 1.165) is 50.5 Å². The number of hydrogen-bond donors (Lipinski definition) is 1. The molecule has 0 aliphatic carbocycles. The van der Waals surface area contributed by atoms with Gasteiger partial charge < -0.3 is 20.1 Å². The van der Waals surface area contributed by atoms with Crippen LogP contribution in [0.25, 0.3) is 0 Å². The number of hydrogen-bond acceptors (Lipinski definition) is 5. The van der Waals surface area contributed by atoms with Crippen LogP contribution in [0.5, 0.6) is 0 Å². The Hall–Kier alpha value is -1.33. The fourth-order valence-electron chi connectivity index (χ4n) is 2.54. The van der Waals surface area contributed by atoms with Crippen LogP contribution in [0.1, 0.15) is 12.8 Å². The van der Waals surface area contributed by atoms with Crippen molar-refractivity contribution >= 4 is 11.4 Å². The number of pyridine rings is 1. The SMILES string of the molecule is Nc1ccncc1N1CCC2(CC1)OCCO2. The fraction of sp³-hybridized carbons (Fsp3) is 0.583. The monoisotopic (exact) mass is 235 g/mol. The maximum Gasteiger partial charge on any atom is 0.171 e. The summed E-state index contributed by atoms with van der Waals surface area (Å²) in [6, 6.07) is 1.84. The highest BCUT2D eigenvalue weighted by atomic mass is 16.7. The predicted molar refractivity (Wildman–Crippen MR) is 64.7 cm³/mol. The van der Waals surface area contributed by atoms with Crippen LogP contribution in [0.4, 0.5) is 11.4 Å². The molecule has 2 saturated heterocycles. The lowest BCUT2D eigenvalue weighted by molar-refractivity contribution is -0.169. The Morgan fingerprint density at radius 2 is 1.94 bits per heavy atom. The summed E-state index contributed by atoms with van der Waals surface area (Å²) in [6.45, 7) is 3.23. The van der Waals surface area contributed by atoms with Gasteiger partial charge in [0.05, 0.1) is 30.8 Å². The van der Waals surface area contributed by atoms with E-state index in [0.29, 0.717) is 0 Å². The number of piperidine rings is 1. The van der Waals surface area contributed by atoms with E-state index in [1.165, 1.54) is 0 Å². The molecular weight excluding hydrogens is 218 g/mol. The highest BCUT2D eigenvalue weighted by Crippen LogP contribution is 2.34. The van der Waals surface area contributed by atoms with Gasteiger partial charge in [0.25, 0.3) is 0 Å². The lowest BCUT2D eigenvalue weighted by Gasteiger charge is -2.38. The summed E-state index contributed by atoms with van der Waals surface area (Å²) in [6.07, 6.45) is 5.32. The molecule has 0 unspecified atom stereocenters. The quantitative estimate of drug-likeness (QED) is 0.787. The Bertz CT molecular complexity index is 394. The molecule has 0 aromatic carbocycles. The molecule has 5 heteroatoms. The molecule has 0 radical (unpaired) electrons. The van der Waals surface area contributed by atoms with Gasteiger partial charge in [-0.05, 0) is 6.07 Å². The minimum absolute atomic E-state index is 0.326. The van der Waals surface area contributed by atoms with Crippen LogP contribution in [0, 0.1) is 0 Å². The van der Waals surface area contributed by atoms with Crippen LogP contribution in [-0.4, -0.2) is 37.1 Å². The largest absolute Gasteiger partial charge is 0.397 e. The molecule has 0 saturated carbocycles. The zero-order chi connectivity index (χ0) is 11.7. The van der Waals surface area contributed by atoms with Gasteiger partial charge in [-0.2, -0.15) is 0 Å². The number of aromatic nitrogens is 1. The molecule has 2 N–H and O–H groups in total. The van der Waals surface area contributed by atoms with Crippen molar-refractivity contribution in [3.63, 3.8) is 0 Å². The summed E-state index contributed by atoms with van der Waals surface area (Å²) in [4.78, 5) is 6.37. The van der Waals surface area contributed by atoms with E-state index in [4.69, 9.17) is 15.2 Å². The van der Waals surface area contributed by atoms with Crippen LogP contribution in [0.3, 0.4) is 0 Å². The lowest BCUT2D eigenvalue weighted by Crippen LogP contribution is -2.45. The fourth-order valence-corrected chi connectivity index (χ4v) is 2.54. The number of nitrogen functional groups attached to an aromatic ring is 1. The van der Waals surface area contributed by atoms with Crippen molar-refractivity contribution in [2.75, 3.05) is 36.9 Å². The molecule has 1 aromatic rings. The van der Waals surface area contributed by atoms with Gasteiger partial charge in [-0.25, -0.2) is 0 Å². The third-order valence-corrected chi connectivity index (χ3v) is 3.51. The maximum atomic E-state index is 5.95. The third-order valence-electron chi connectivity index (χ3n) is 3.51. The average Bonchev–Trinajstić information content (AvgIpc) is 2.80. The van der Waals surface area contributed by atoms with Crippen molar-refractivity contribution < 1.29 is 9.47 Å². The van der Waals surface area contributed by atoms with Gasteiger partial charge in [0.15, 0.2) is 5.79 Å². The third kappa shape index (κ3) is 1.96. The molecule has 92 valence electrons. The number of nitrogens with two attached hydrogens (primary N) is 1. The molecule has 1 spiro atoms. The van der Waals surface area contributed by atoms with Crippen molar-refractivity contribution in [1.82, 2.24) is 4.98 Å². The molecule has 2 aliphatic rings. The highest BCUT2D eigenvalue weighted by Gasteiger charge is 2.39. The van der Waals surface area contributed by atoms with Gasteiger partial charge in [0.1, 0.15) is 0 Å². The summed E-state index contributed by atoms with van der Waals surface area (Å²) in [5.74, 6) is -0.326. The second-order valence-electron chi connectivity index (χ2n) is 4.53. The molecule has 2 fully saturated rings.